The molecule has 0 aliphatic carbocycles. The van der Waals surface area contributed by atoms with Gasteiger partial charge in [-0.15, -0.1) is 0 Å². The van der Waals surface area contributed by atoms with Gasteiger partial charge in [0.1, 0.15) is 12.2 Å². The first-order valence-electron chi connectivity index (χ1n) is 7.82. The zero-order chi connectivity index (χ0) is 16.5. The minimum absolute atomic E-state index is 0.287. The molecular weight excluding hydrogens is 276 g/mol. The predicted molar refractivity (Wildman–Crippen MR) is 92.7 cm³/mol. The van der Waals surface area contributed by atoms with Crippen LogP contribution in [0.2, 0.25) is 0 Å². The van der Waals surface area contributed by atoms with Crippen molar-refractivity contribution in [3.8, 4) is 0 Å². The molecule has 0 fully saturated rings. The molecule has 0 radical (unpaired) electrons. The standard InChI is InChI=1S/2C6H11NO.C6H6/c2*1-4-5(2)8-6(3)7-4;1-2-4-6-5-3-1/h2*4-5H,1-3H3;1-6H. The Kier molecular flexibility index (Phi) is 7.64. The highest BCUT2D eigenvalue weighted by molar-refractivity contribution is 5.75. The summed E-state index contributed by atoms with van der Waals surface area (Å²) in [6.45, 7) is 12.0. The molecule has 4 atom stereocenters. The van der Waals surface area contributed by atoms with Gasteiger partial charge in [-0.25, -0.2) is 9.98 Å². The summed E-state index contributed by atoms with van der Waals surface area (Å²) in [5, 5.41) is 0. The molecule has 3 rings (SSSR count). The topological polar surface area (TPSA) is 43.2 Å². The Balaban J connectivity index is 0.000000167. The van der Waals surface area contributed by atoms with E-state index in [2.05, 4.69) is 23.8 Å². The van der Waals surface area contributed by atoms with Crippen LogP contribution >= 0.6 is 0 Å². The summed E-state index contributed by atoms with van der Waals surface area (Å²) >= 11 is 0. The van der Waals surface area contributed by atoms with Gasteiger partial charge < -0.3 is 9.47 Å². The van der Waals surface area contributed by atoms with Crippen molar-refractivity contribution in [1.29, 1.82) is 0 Å². The van der Waals surface area contributed by atoms with E-state index < -0.39 is 0 Å². The largest absolute Gasteiger partial charge is 0.476 e. The number of hydrogen-bond donors (Lipinski definition) is 0. The first-order chi connectivity index (χ1) is 10.4. The second-order valence-corrected chi connectivity index (χ2v) is 5.58. The Morgan fingerprint density at radius 1 is 0.636 bits per heavy atom. The minimum Gasteiger partial charge on any atom is -0.476 e. The molecule has 4 heteroatoms. The fraction of sp³-hybridized carbons (Fsp3) is 0.556. The van der Waals surface area contributed by atoms with Crippen molar-refractivity contribution in [2.75, 3.05) is 0 Å². The molecule has 0 N–H and O–H groups in total. The summed E-state index contributed by atoms with van der Waals surface area (Å²) in [6.07, 6.45) is 0.574. The summed E-state index contributed by atoms with van der Waals surface area (Å²) in [4.78, 5) is 8.33. The molecule has 0 amide bonds. The molecule has 0 aromatic heterocycles. The van der Waals surface area contributed by atoms with E-state index in [1.165, 1.54) is 0 Å². The number of hydrogen-bond acceptors (Lipinski definition) is 4. The van der Waals surface area contributed by atoms with Gasteiger partial charge in [0.25, 0.3) is 0 Å². The Hall–Kier alpha value is -1.84. The van der Waals surface area contributed by atoms with E-state index in [-0.39, 0.29) is 12.2 Å². The number of benzene rings is 1. The van der Waals surface area contributed by atoms with Crippen LogP contribution in [0.4, 0.5) is 0 Å². The highest BCUT2D eigenvalue weighted by atomic mass is 16.5. The van der Waals surface area contributed by atoms with Crippen LogP contribution in [0.15, 0.2) is 46.4 Å². The maximum atomic E-state index is 5.22. The number of nitrogens with zero attached hydrogens (tertiary/aromatic N) is 2. The molecule has 0 bridgehead atoms. The molecule has 122 valence electrons. The van der Waals surface area contributed by atoms with Gasteiger partial charge in [-0.3, -0.25) is 0 Å². The normalized spacial score (nSPS) is 28.8. The molecule has 4 unspecified atom stereocenters. The lowest BCUT2D eigenvalue weighted by Gasteiger charge is -2.05. The van der Waals surface area contributed by atoms with E-state index in [0.29, 0.717) is 12.1 Å². The molecule has 0 spiro atoms. The third kappa shape index (κ3) is 6.74. The molecule has 22 heavy (non-hydrogen) atoms. The van der Waals surface area contributed by atoms with Crippen molar-refractivity contribution in [2.45, 2.75) is 65.8 Å². The van der Waals surface area contributed by atoms with Gasteiger partial charge in [-0.05, 0) is 27.7 Å². The lowest BCUT2D eigenvalue weighted by Crippen LogP contribution is -2.13. The van der Waals surface area contributed by atoms with Gasteiger partial charge in [0.05, 0.1) is 12.1 Å². The first kappa shape index (κ1) is 18.2. The summed E-state index contributed by atoms with van der Waals surface area (Å²) < 4.78 is 10.4. The summed E-state index contributed by atoms with van der Waals surface area (Å²) in [7, 11) is 0. The molecule has 1 aromatic rings. The van der Waals surface area contributed by atoms with E-state index in [1.54, 1.807) is 0 Å². The molecule has 2 aliphatic heterocycles. The van der Waals surface area contributed by atoms with Crippen LogP contribution < -0.4 is 0 Å². The molecule has 2 heterocycles. The predicted octanol–water partition coefficient (Wildman–Crippen LogP) is 4.11. The molecule has 2 aliphatic rings. The number of ether oxygens (including phenoxy) is 2. The Labute approximate surface area is 134 Å². The van der Waals surface area contributed by atoms with Gasteiger partial charge in [-0.2, -0.15) is 0 Å². The van der Waals surface area contributed by atoms with Crippen LogP contribution in [0.5, 0.6) is 0 Å². The van der Waals surface area contributed by atoms with E-state index in [4.69, 9.17) is 9.47 Å². The van der Waals surface area contributed by atoms with Crippen LogP contribution in [0.25, 0.3) is 0 Å². The zero-order valence-corrected chi connectivity index (χ0v) is 14.5. The minimum atomic E-state index is 0.287. The average Bonchev–Trinajstić information content (AvgIpc) is 2.93. The van der Waals surface area contributed by atoms with E-state index in [0.717, 1.165) is 11.8 Å². The number of rotatable bonds is 0. The van der Waals surface area contributed by atoms with Crippen molar-refractivity contribution in [3.05, 3.63) is 36.4 Å². The van der Waals surface area contributed by atoms with Gasteiger partial charge in [0.15, 0.2) is 11.8 Å². The fourth-order valence-electron chi connectivity index (χ4n) is 1.96. The van der Waals surface area contributed by atoms with Gasteiger partial charge in [-0.1, -0.05) is 36.4 Å². The van der Waals surface area contributed by atoms with Crippen molar-refractivity contribution in [2.24, 2.45) is 9.98 Å². The van der Waals surface area contributed by atoms with Gasteiger partial charge >= 0.3 is 0 Å². The van der Waals surface area contributed by atoms with Crippen LogP contribution in [-0.4, -0.2) is 36.1 Å². The number of aliphatic imine (C=N–C) groups is 2. The van der Waals surface area contributed by atoms with Crippen molar-refractivity contribution >= 4 is 11.8 Å². The van der Waals surface area contributed by atoms with Crippen LogP contribution in [0.3, 0.4) is 0 Å². The van der Waals surface area contributed by atoms with E-state index >= 15 is 0 Å². The van der Waals surface area contributed by atoms with E-state index in [9.17, 15) is 0 Å². The molecule has 4 nitrogen and oxygen atoms in total. The van der Waals surface area contributed by atoms with Crippen molar-refractivity contribution in [1.82, 2.24) is 0 Å². The summed E-state index contributed by atoms with van der Waals surface area (Å²) in [6, 6.07) is 12.7. The van der Waals surface area contributed by atoms with Crippen LogP contribution in [0, 0.1) is 0 Å². The second-order valence-electron chi connectivity index (χ2n) is 5.58. The summed E-state index contributed by atoms with van der Waals surface area (Å²) in [5.74, 6) is 1.65. The fourth-order valence-corrected chi connectivity index (χ4v) is 1.96. The highest BCUT2D eigenvalue weighted by Crippen LogP contribution is 2.11. The second kappa shape index (κ2) is 9.23. The lowest BCUT2D eigenvalue weighted by molar-refractivity contribution is 0.216. The highest BCUT2D eigenvalue weighted by Gasteiger charge is 2.19. The third-order valence-electron chi connectivity index (χ3n) is 3.51. The quantitative estimate of drug-likeness (QED) is 0.724. The van der Waals surface area contributed by atoms with Crippen molar-refractivity contribution < 1.29 is 9.47 Å². The van der Waals surface area contributed by atoms with Gasteiger partial charge in [0, 0.05) is 13.8 Å². The first-order valence-corrected chi connectivity index (χ1v) is 7.82. The maximum absolute atomic E-state index is 5.22. The maximum Gasteiger partial charge on any atom is 0.180 e. The lowest BCUT2D eigenvalue weighted by atomic mass is 10.2. The van der Waals surface area contributed by atoms with Crippen LogP contribution in [0.1, 0.15) is 41.5 Å². The Morgan fingerprint density at radius 2 is 0.909 bits per heavy atom. The SMILES string of the molecule is CC1=NC(C)C(C)O1.CC1=NC(C)C(C)O1.c1ccccc1. The molecule has 1 aromatic carbocycles. The molecule has 0 saturated carbocycles. The Bertz CT molecular complexity index is 428. The third-order valence-corrected chi connectivity index (χ3v) is 3.51. The van der Waals surface area contributed by atoms with Crippen molar-refractivity contribution in [3.63, 3.8) is 0 Å². The Morgan fingerprint density at radius 3 is 1.00 bits per heavy atom. The van der Waals surface area contributed by atoms with E-state index in [1.807, 2.05) is 64.1 Å². The molecule has 0 saturated heterocycles. The zero-order valence-electron chi connectivity index (χ0n) is 14.5. The average molecular weight is 304 g/mol. The smallest absolute Gasteiger partial charge is 0.180 e. The summed E-state index contributed by atoms with van der Waals surface area (Å²) in [5.41, 5.74) is 0. The van der Waals surface area contributed by atoms with Gasteiger partial charge in [0.2, 0.25) is 0 Å². The molecular formula is C18H28N2O2. The van der Waals surface area contributed by atoms with Crippen LogP contribution in [-0.2, 0) is 9.47 Å². The monoisotopic (exact) mass is 304 g/mol.